The summed E-state index contributed by atoms with van der Waals surface area (Å²) in [5.41, 5.74) is 1.70. The van der Waals surface area contributed by atoms with Crippen LogP contribution in [0.3, 0.4) is 0 Å². The van der Waals surface area contributed by atoms with Crippen LogP contribution in [0.25, 0.3) is 21.8 Å². The summed E-state index contributed by atoms with van der Waals surface area (Å²) in [4.78, 5) is 94.5. The fourth-order valence-corrected chi connectivity index (χ4v) is 11.0. The van der Waals surface area contributed by atoms with Crippen molar-refractivity contribution in [3.05, 3.63) is 59.9 Å². The highest BCUT2D eigenvalue weighted by molar-refractivity contribution is 6.06. The molecular formula is C46H57N7O10. The molecule has 4 aromatic rings. The SMILES string of the molecule is CN(C)CCCNC(=O)C1C2CC(OC(=O)c3c[nH]c4ccc(O)cc34)C(C2)C1C(=O)NC(=O)C1C2CC(CC2OC(=O)c2c[nH]c3ccc(O)cc23)C1C(=O)NCCCN(C)C. The summed E-state index contributed by atoms with van der Waals surface area (Å²) in [6.07, 6.45) is 4.47. The van der Waals surface area contributed by atoms with E-state index in [0.29, 0.717) is 73.4 Å². The maximum atomic E-state index is 14.6. The third kappa shape index (κ3) is 8.85. The number of esters is 2. The number of carbonyl (C=O) groups is 6. The molecule has 2 aromatic heterocycles. The number of phenols is 2. The van der Waals surface area contributed by atoms with Crippen molar-refractivity contribution in [2.45, 2.75) is 50.7 Å². The highest BCUT2D eigenvalue weighted by Gasteiger charge is 2.62. The van der Waals surface area contributed by atoms with Crippen LogP contribution in [-0.2, 0) is 28.7 Å². The lowest BCUT2D eigenvalue weighted by molar-refractivity contribution is -0.147. The fraction of sp³-hybridized carbons (Fsp3) is 0.522. The Morgan fingerprint density at radius 3 is 1.41 bits per heavy atom. The zero-order valence-corrected chi connectivity index (χ0v) is 36.0. The number of benzene rings is 2. The van der Waals surface area contributed by atoms with Crippen molar-refractivity contribution in [2.75, 3.05) is 54.4 Å². The number of carbonyl (C=O) groups excluding carboxylic acids is 6. The third-order valence-corrected chi connectivity index (χ3v) is 13.8. The van der Waals surface area contributed by atoms with E-state index in [1.807, 2.05) is 38.0 Å². The largest absolute Gasteiger partial charge is 0.508 e. The molecule has 17 heteroatoms. The lowest BCUT2D eigenvalue weighted by atomic mass is 9.75. The maximum Gasteiger partial charge on any atom is 0.340 e. The quantitative estimate of drug-likeness (QED) is 0.0489. The number of fused-ring (bicyclic) bond motifs is 6. The van der Waals surface area contributed by atoms with Gasteiger partial charge in [0.05, 0.1) is 34.8 Å². The minimum atomic E-state index is -1.02. The molecule has 0 saturated heterocycles. The van der Waals surface area contributed by atoms with Crippen LogP contribution in [0, 0.1) is 47.3 Å². The molecule has 17 nitrogen and oxygen atoms in total. The van der Waals surface area contributed by atoms with Crippen LogP contribution in [0.15, 0.2) is 48.8 Å². The molecule has 4 fully saturated rings. The normalized spacial score (nSPS) is 27.0. The van der Waals surface area contributed by atoms with Crippen molar-refractivity contribution in [3.8, 4) is 11.5 Å². The maximum absolute atomic E-state index is 14.6. The van der Waals surface area contributed by atoms with Gasteiger partial charge in [-0.15, -0.1) is 0 Å². The summed E-state index contributed by atoms with van der Waals surface area (Å²) in [5.74, 6) is -8.69. The summed E-state index contributed by atoms with van der Waals surface area (Å²) >= 11 is 0. The van der Waals surface area contributed by atoms with E-state index in [0.717, 1.165) is 13.1 Å². The lowest BCUT2D eigenvalue weighted by Gasteiger charge is -2.36. The summed E-state index contributed by atoms with van der Waals surface area (Å²) < 4.78 is 12.2. The number of H-pyrrole nitrogens is 2. The molecule has 10 atom stereocenters. The van der Waals surface area contributed by atoms with E-state index in [1.165, 1.54) is 36.7 Å². The Morgan fingerprint density at radius 1 is 0.603 bits per heavy atom. The molecule has 4 amide bonds. The zero-order valence-electron chi connectivity index (χ0n) is 36.0. The number of nitrogens with one attached hydrogen (secondary N) is 5. The Labute approximate surface area is 364 Å². The van der Waals surface area contributed by atoms with Gasteiger partial charge in [-0.3, -0.25) is 24.5 Å². The van der Waals surface area contributed by atoms with Gasteiger partial charge in [-0.1, -0.05) is 0 Å². The van der Waals surface area contributed by atoms with Crippen molar-refractivity contribution in [3.63, 3.8) is 0 Å². The van der Waals surface area contributed by atoms with Crippen LogP contribution < -0.4 is 16.0 Å². The summed E-state index contributed by atoms with van der Waals surface area (Å²) in [6.45, 7) is 2.27. The molecule has 4 aliphatic rings. The van der Waals surface area contributed by atoms with Gasteiger partial charge in [0.15, 0.2) is 0 Å². The number of imide groups is 1. The monoisotopic (exact) mass is 867 g/mol. The first-order valence-corrected chi connectivity index (χ1v) is 21.9. The van der Waals surface area contributed by atoms with Gasteiger partial charge in [0, 0.05) is 59.1 Å². The number of aromatic amines is 2. The van der Waals surface area contributed by atoms with Crippen LogP contribution in [0.1, 0.15) is 59.2 Å². The molecular weight excluding hydrogens is 811 g/mol. The zero-order chi connectivity index (χ0) is 44.7. The molecule has 2 heterocycles. The van der Waals surface area contributed by atoms with Gasteiger partial charge in [-0.05, 0) is 128 Å². The van der Waals surface area contributed by atoms with E-state index in [9.17, 15) is 39.0 Å². The first kappa shape index (κ1) is 43.7. The smallest absolute Gasteiger partial charge is 0.340 e. The molecule has 4 aliphatic carbocycles. The topological polar surface area (TPSA) is 235 Å². The fourth-order valence-electron chi connectivity index (χ4n) is 11.0. The molecule has 4 bridgehead atoms. The highest BCUT2D eigenvalue weighted by Crippen LogP contribution is 2.56. The minimum absolute atomic E-state index is 0.0173. The molecule has 8 rings (SSSR count). The van der Waals surface area contributed by atoms with Crippen LogP contribution in [0.2, 0.25) is 0 Å². The first-order chi connectivity index (χ1) is 30.2. The van der Waals surface area contributed by atoms with Crippen LogP contribution in [0.4, 0.5) is 0 Å². The van der Waals surface area contributed by atoms with Crippen LogP contribution >= 0.6 is 0 Å². The molecule has 336 valence electrons. The number of amides is 4. The Balaban J connectivity index is 1.02. The molecule has 7 N–H and O–H groups in total. The molecule has 4 saturated carbocycles. The number of phenolic OH excluding ortho intramolecular Hbond substituents is 2. The molecule has 0 aliphatic heterocycles. The van der Waals surface area contributed by atoms with Crippen molar-refractivity contribution in [1.29, 1.82) is 0 Å². The van der Waals surface area contributed by atoms with E-state index in [1.54, 1.807) is 12.1 Å². The van der Waals surface area contributed by atoms with Gasteiger partial charge >= 0.3 is 11.9 Å². The average Bonchev–Trinajstić information content (AvgIpc) is 4.10. The van der Waals surface area contributed by atoms with Gasteiger partial charge in [0.2, 0.25) is 23.6 Å². The number of hydrogen-bond donors (Lipinski definition) is 7. The second-order valence-corrected chi connectivity index (χ2v) is 18.4. The van der Waals surface area contributed by atoms with Crippen LogP contribution in [-0.4, -0.2) is 132 Å². The second-order valence-electron chi connectivity index (χ2n) is 18.4. The first-order valence-electron chi connectivity index (χ1n) is 21.9. The van der Waals surface area contributed by atoms with E-state index in [-0.39, 0.29) is 46.3 Å². The van der Waals surface area contributed by atoms with Gasteiger partial charge in [-0.2, -0.15) is 0 Å². The summed E-state index contributed by atoms with van der Waals surface area (Å²) in [5, 5.41) is 29.8. The third-order valence-electron chi connectivity index (χ3n) is 13.8. The average molecular weight is 868 g/mol. The number of rotatable bonds is 16. The molecule has 2 aromatic carbocycles. The molecule has 0 spiro atoms. The lowest BCUT2D eigenvalue weighted by Crippen LogP contribution is -2.53. The van der Waals surface area contributed by atoms with E-state index in [2.05, 4.69) is 25.9 Å². The van der Waals surface area contributed by atoms with Crippen molar-refractivity contribution < 1.29 is 48.5 Å². The minimum Gasteiger partial charge on any atom is -0.508 e. The molecule has 10 unspecified atom stereocenters. The van der Waals surface area contributed by atoms with Crippen molar-refractivity contribution in [1.82, 2.24) is 35.7 Å². The van der Waals surface area contributed by atoms with E-state index < -0.39 is 71.5 Å². The number of aromatic hydroxyl groups is 2. The predicted octanol–water partition coefficient (Wildman–Crippen LogP) is 3.13. The number of ether oxygens (including phenoxy) is 2. The van der Waals surface area contributed by atoms with Crippen LogP contribution in [0.5, 0.6) is 11.5 Å². The molecule has 63 heavy (non-hydrogen) atoms. The van der Waals surface area contributed by atoms with E-state index in [4.69, 9.17) is 9.47 Å². The Bertz CT molecular complexity index is 2240. The van der Waals surface area contributed by atoms with Crippen molar-refractivity contribution >= 4 is 57.4 Å². The number of aromatic nitrogens is 2. The van der Waals surface area contributed by atoms with Crippen molar-refractivity contribution in [2.24, 2.45) is 47.3 Å². The highest BCUT2D eigenvalue weighted by atomic mass is 16.5. The Morgan fingerprint density at radius 2 is 1.02 bits per heavy atom. The predicted molar refractivity (Wildman–Crippen MR) is 230 cm³/mol. The molecule has 0 radical (unpaired) electrons. The summed E-state index contributed by atoms with van der Waals surface area (Å²) in [7, 11) is 7.75. The number of hydrogen-bond acceptors (Lipinski definition) is 12. The second kappa shape index (κ2) is 18.0. The van der Waals surface area contributed by atoms with Gasteiger partial charge in [-0.25, -0.2) is 9.59 Å². The Kier molecular flexibility index (Phi) is 12.5. The summed E-state index contributed by atoms with van der Waals surface area (Å²) in [6, 6.07) is 9.24. The number of nitrogens with zero attached hydrogens (tertiary/aromatic N) is 2. The van der Waals surface area contributed by atoms with E-state index >= 15 is 0 Å². The standard InChI is InChI=1S/C46H57N7O10/c1-52(2)13-5-11-47-41(56)37-23-15-29(35(17-23)62-45(60)31-21-49-33-9-7-25(54)19-27(31)33)39(37)43(58)51-44(59)40-30-16-24(38(40)42(57)48-12-6-14-53(3)4)18-36(30)63-46(61)32-22-50-34-10-8-26(55)20-28(32)34/h7-10,19-24,29-30,35-40,49-50,54-55H,5-6,11-18H2,1-4H3,(H,47,56)(H,48,57)(H,51,58,59). The van der Waals surface area contributed by atoms with Gasteiger partial charge in [0.1, 0.15) is 23.7 Å². The van der Waals surface area contributed by atoms with Gasteiger partial charge < -0.3 is 50.1 Å². The van der Waals surface area contributed by atoms with Gasteiger partial charge in [0.25, 0.3) is 0 Å². The Hall–Kier alpha value is -5.94.